The van der Waals surface area contributed by atoms with Gasteiger partial charge in [-0.3, -0.25) is 0 Å². The molecule has 1 unspecified atom stereocenters. The number of unbranched alkanes of at least 4 members (excludes halogenated alkanes) is 1. The summed E-state index contributed by atoms with van der Waals surface area (Å²) in [4.78, 5) is 13.1. The highest BCUT2D eigenvalue weighted by Crippen LogP contribution is 2.13. The van der Waals surface area contributed by atoms with Crippen LogP contribution in [-0.2, 0) is 11.3 Å². The molecule has 3 rings (SSSR count). The molecule has 0 radical (unpaired) electrons. The van der Waals surface area contributed by atoms with Gasteiger partial charge in [0.25, 0.3) is 0 Å². The fourth-order valence-electron chi connectivity index (χ4n) is 3.65. The number of nitrogens with zero attached hydrogens (tertiary/aromatic N) is 4. The summed E-state index contributed by atoms with van der Waals surface area (Å²) in [6.07, 6.45) is 9.81. The number of nitrogens with two attached hydrogens (primary N) is 2. The van der Waals surface area contributed by atoms with Gasteiger partial charge in [-0.15, -0.1) is 0 Å². The summed E-state index contributed by atoms with van der Waals surface area (Å²) < 4.78 is 5.53. The van der Waals surface area contributed by atoms with Crippen LogP contribution < -0.4 is 16.8 Å². The van der Waals surface area contributed by atoms with Crippen LogP contribution in [-0.4, -0.2) is 77.5 Å². The summed E-state index contributed by atoms with van der Waals surface area (Å²) in [6.45, 7) is 5.88. The first-order valence-corrected chi connectivity index (χ1v) is 11.3. The molecular weight excluding hydrogens is 394 g/mol. The Hall–Kier alpha value is -2.04. The van der Waals surface area contributed by atoms with Crippen molar-refractivity contribution >= 4 is 11.7 Å². The minimum Gasteiger partial charge on any atom is -0.377 e. The number of amidine groups is 1. The molecule has 1 aromatic heterocycles. The first-order chi connectivity index (χ1) is 15.1. The Morgan fingerprint density at radius 3 is 2.68 bits per heavy atom. The maximum absolute atomic E-state index is 10.4. The zero-order chi connectivity index (χ0) is 21.9. The Labute approximate surface area is 185 Å². The van der Waals surface area contributed by atoms with Gasteiger partial charge < -0.3 is 36.4 Å². The van der Waals surface area contributed by atoms with Crippen molar-refractivity contribution in [3.05, 3.63) is 36.2 Å². The second-order valence-corrected chi connectivity index (χ2v) is 8.17. The molecular formula is C22H37N7O2. The topological polar surface area (TPSA) is 125 Å². The Morgan fingerprint density at radius 2 is 1.97 bits per heavy atom. The van der Waals surface area contributed by atoms with Gasteiger partial charge in [0.1, 0.15) is 11.7 Å². The minimum atomic E-state index is -0.879. The van der Waals surface area contributed by atoms with Crippen LogP contribution in [0.1, 0.15) is 37.7 Å². The predicted octanol–water partition coefficient (Wildman–Crippen LogP) is 1.07. The number of anilines is 1. The summed E-state index contributed by atoms with van der Waals surface area (Å²) >= 11 is 0. The van der Waals surface area contributed by atoms with Gasteiger partial charge in [0.05, 0.1) is 6.61 Å². The number of aromatic nitrogens is 1. The monoisotopic (exact) mass is 431 g/mol. The molecule has 9 heteroatoms. The van der Waals surface area contributed by atoms with Crippen molar-refractivity contribution in [3.8, 4) is 0 Å². The largest absolute Gasteiger partial charge is 0.377 e. The molecule has 0 amide bonds. The van der Waals surface area contributed by atoms with Gasteiger partial charge in [-0.05, 0) is 76.0 Å². The number of nitrogens with one attached hydrogen (secondary N) is 1. The molecule has 1 saturated heterocycles. The van der Waals surface area contributed by atoms with Gasteiger partial charge in [-0.25, -0.2) is 9.98 Å². The van der Waals surface area contributed by atoms with Gasteiger partial charge in [0.2, 0.25) is 6.35 Å². The molecule has 1 aromatic rings. The summed E-state index contributed by atoms with van der Waals surface area (Å²) in [5.74, 6) is 1.27. The van der Waals surface area contributed by atoms with Crippen LogP contribution in [0.5, 0.6) is 0 Å². The van der Waals surface area contributed by atoms with Gasteiger partial charge in [0, 0.05) is 31.6 Å². The highest BCUT2D eigenvalue weighted by Gasteiger charge is 2.17. The zero-order valence-corrected chi connectivity index (χ0v) is 18.3. The molecule has 2 aliphatic rings. The van der Waals surface area contributed by atoms with E-state index in [1.807, 2.05) is 29.3 Å². The fraction of sp³-hybridized carbons (Fsp3) is 0.636. The molecule has 172 valence electrons. The standard InChI is InChI=1S/C22H37N7O2/c23-9-3-15-31-17-18-4-5-20(25-16-18)26-21-8-14-29(22(30)27-21)11-2-1-10-28-12-6-19(24)7-13-28/h4-5,8,14,16,19,22,30H,1-3,6-7,9-13,15,17,23-24H2,(H,25,26,27). The zero-order valence-electron chi connectivity index (χ0n) is 18.3. The van der Waals surface area contributed by atoms with Crippen molar-refractivity contribution in [1.29, 1.82) is 0 Å². The van der Waals surface area contributed by atoms with Gasteiger partial charge >= 0.3 is 0 Å². The number of hydrogen-bond donors (Lipinski definition) is 4. The van der Waals surface area contributed by atoms with E-state index < -0.39 is 6.35 Å². The maximum atomic E-state index is 10.4. The highest BCUT2D eigenvalue weighted by molar-refractivity contribution is 6.03. The number of aliphatic hydroxyl groups is 1. The van der Waals surface area contributed by atoms with E-state index in [0.717, 1.165) is 63.8 Å². The number of aliphatic imine (C=N–C) groups is 1. The van der Waals surface area contributed by atoms with Crippen LogP contribution in [0.3, 0.4) is 0 Å². The average molecular weight is 432 g/mol. The Bertz CT molecular complexity index is 702. The molecule has 1 fully saturated rings. The number of likely N-dealkylation sites (tertiary alicyclic amines) is 1. The van der Waals surface area contributed by atoms with E-state index in [1.165, 1.54) is 0 Å². The first-order valence-electron chi connectivity index (χ1n) is 11.3. The third-order valence-corrected chi connectivity index (χ3v) is 5.59. The second-order valence-electron chi connectivity index (χ2n) is 8.17. The maximum Gasteiger partial charge on any atom is 0.227 e. The Balaban J connectivity index is 1.35. The van der Waals surface area contributed by atoms with Crippen LogP contribution in [0, 0.1) is 0 Å². The molecule has 2 aliphatic heterocycles. The quantitative estimate of drug-likeness (QED) is 0.383. The molecule has 0 spiro atoms. The molecule has 0 saturated carbocycles. The van der Waals surface area contributed by atoms with Crippen LogP contribution >= 0.6 is 0 Å². The molecule has 0 aromatic carbocycles. The molecule has 9 nitrogen and oxygen atoms in total. The average Bonchev–Trinajstić information content (AvgIpc) is 2.78. The SMILES string of the molecule is NCCCOCc1ccc(NC2=NC(O)N(CCCCN3CCC(N)CC3)C=C2)nc1. The van der Waals surface area contributed by atoms with E-state index in [2.05, 4.69) is 20.2 Å². The molecule has 1 atom stereocenters. The van der Waals surface area contributed by atoms with Crippen LogP contribution in [0.2, 0.25) is 0 Å². The van der Waals surface area contributed by atoms with E-state index in [9.17, 15) is 5.11 Å². The Kier molecular flexibility index (Phi) is 9.70. The van der Waals surface area contributed by atoms with E-state index in [0.29, 0.717) is 37.5 Å². The first kappa shape index (κ1) is 23.6. The number of rotatable bonds is 11. The Morgan fingerprint density at radius 1 is 1.16 bits per heavy atom. The van der Waals surface area contributed by atoms with E-state index in [4.69, 9.17) is 16.2 Å². The van der Waals surface area contributed by atoms with Crippen molar-refractivity contribution in [2.45, 2.75) is 51.1 Å². The highest BCUT2D eigenvalue weighted by atomic mass is 16.5. The van der Waals surface area contributed by atoms with Crippen LogP contribution in [0.15, 0.2) is 35.6 Å². The third kappa shape index (κ3) is 8.19. The smallest absolute Gasteiger partial charge is 0.227 e. The lowest BCUT2D eigenvalue weighted by Crippen LogP contribution is -2.40. The number of aliphatic hydroxyl groups excluding tert-OH is 1. The van der Waals surface area contributed by atoms with E-state index in [1.54, 1.807) is 6.20 Å². The number of pyridine rings is 1. The molecule has 0 bridgehead atoms. The summed E-state index contributed by atoms with van der Waals surface area (Å²) in [5, 5.41) is 13.5. The number of ether oxygens (including phenoxy) is 1. The molecule has 3 heterocycles. The van der Waals surface area contributed by atoms with E-state index >= 15 is 0 Å². The van der Waals surface area contributed by atoms with Gasteiger partial charge in [-0.1, -0.05) is 6.07 Å². The van der Waals surface area contributed by atoms with Gasteiger partial charge in [-0.2, -0.15) is 0 Å². The summed E-state index contributed by atoms with van der Waals surface area (Å²) in [7, 11) is 0. The van der Waals surface area contributed by atoms with Gasteiger partial charge in [0.15, 0.2) is 0 Å². The van der Waals surface area contributed by atoms with Crippen molar-refractivity contribution in [3.63, 3.8) is 0 Å². The van der Waals surface area contributed by atoms with E-state index in [-0.39, 0.29) is 0 Å². The lowest BCUT2D eigenvalue weighted by atomic mass is 10.1. The molecule has 31 heavy (non-hydrogen) atoms. The van der Waals surface area contributed by atoms with Crippen molar-refractivity contribution in [1.82, 2.24) is 14.8 Å². The van der Waals surface area contributed by atoms with Crippen molar-refractivity contribution in [2.75, 3.05) is 44.6 Å². The third-order valence-electron chi connectivity index (χ3n) is 5.59. The normalized spacial score (nSPS) is 20.2. The van der Waals surface area contributed by atoms with Crippen molar-refractivity contribution in [2.24, 2.45) is 16.5 Å². The number of piperidine rings is 1. The van der Waals surface area contributed by atoms with Crippen LogP contribution in [0.25, 0.3) is 0 Å². The van der Waals surface area contributed by atoms with Crippen LogP contribution in [0.4, 0.5) is 5.82 Å². The molecule has 0 aliphatic carbocycles. The number of hydrogen-bond acceptors (Lipinski definition) is 9. The lowest BCUT2D eigenvalue weighted by Gasteiger charge is -2.30. The van der Waals surface area contributed by atoms with Crippen molar-refractivity contribution < 1.29 is 9.84 Å². The predicted molar refractivity (Wildman–Crippen MR) is 123 cm³/mol. The summed E-state index contributed by atoms with van der Waals surface area (Å²) in [5.41, 5.74) is 12.4. The summed E-state index contributed by atoms with van der Waals surface area (Å²) in [6, 6.07) is 4.22. The lowest BCUT2D eigenvalue weighted by molar-refractivity contribution is 0.0424. The second kappa shape index (κ2) is 12.7. The molecule has 6 N–H and O–H groups in total. The fourth-order valence-corrected chi connectivity index (χ4v) is 3.65. The minimum absolute atomic E-state index is 0.374.